The van der Waals surface area contributed by atoms with Gasteiger partial charge >= 0.3 is 6.18 Å². The van der Waals surface area contributed by atoms with Crippen molar-refractivity contribution >= 4 is 17.4 Å². The van der Waals surface area contributed by atoms with Crippen LogP contribution < -0.4 is 15.4 Å². The molecule has 0 saturated carbocycles. The molecule has 2 aromatic heterocycles. The third-order valence-electron chi connectivity index (χ3n) is 6.80. The van der Waals surface area contributed by atoms with E-state index in [1.807, 2.05) is 11.2 Å². The molecule has 0 aromatic carbocycles. The molecule has 0 radical (unpaired) electrons. The second-order valence-electron chi connectivity index (χ2n) is 9.07. The Morgan fingerprint density at radius 2 is 2.00 bits per heavy atom. The summed E-state index contributed by atoms with van der Waals surface area (Å²) >= 11 is 0. The van der Waals surface area contributed by atoms with Gasteiger partial charge in [0.1, 0.15) is 17.5 Å². The van der Waals surface area contributed by atoms with E-state index in [1.165, 1.54) is 11.1 Å². The van der Waals surface area contributed by atoms with E-state index in [1.54, 1.807) is 24.0 Å². The van der Waals surface area contributed by atoms with Gasteiger partial charge in [-0.3, -0.25) is 9.59 Å². The highest BCUT2D eigenvalue weighted by atomic mass is 19.4. The number of carbonyl (C=O) groups excluding carboxylic acids is 1. The molecule has 198 valence electrons. The maximum absolute atomic E-state index is 13.5. The maximum Gasteiger partial charge on any atom is 0.423 e. The number of amides is 1. The number of hydrogen-bond donors (Lipinski definition) is 1. The number of nitrogens with one attached hydrogen (secondary N) is 1. The number of aromatic amines is 1. The largest absolute Gasteiger partial charge is 0.423 e. The lowest BCUT2D eigenvalue weighted by molar-refractivity contribution is -0.138. The third-order valence-corrected chi connectivity index (χ3v) is 6.80. The molecule has 0 aliphatic carbocycles. The third kappa shape index (κ3) is 6.02. The number of rotatable bonds is 7. The van der Waals surface area contributed by atoms with Crippen LogP contribution in [0, 0.1) is 11.3 Å². The Morgan fingerprint density at radius 3 is 2.65 bits per heavy atom. The van der Waals surface area contributed by atoms with Crippen LogP contribution >= 0.6 is 0 Å². The fourth-order valence-electron chi connectivity index (χ4n) is 4.89. The second-order valence-corrected chi connectivity index (χ2v) is 9.07. The average molecular weight is 520 g/mol. The molecule has 10 nitrogen and oxygen atoms in total. The summed E-state index contributed by atoms with van der Waals surface area (Å²) in [6.45, 7) is 4.55. The van der Waals surface area contributed by atoms with E-state index in [0.29, 0.717) is 51.1 Å². The fraction of sp³-hybridized carbons (Fsp3) is 0.542. The predicted molar refractivity (Wildman–Crippen MR) is 128 cm³/mol. The van der Waals surface area contributed by atoms with Crippen molar-refractivity contribution in [3.63, 3.8) is 0 Å². The van der Waals surface area contributed by atoms with E-state index in [2.05, 4.69) is 15.0 Å². The van der Waals surface area contributed by atoms with E-state index in [9.17, 15) is 22.8 Å². The minimum atomic E-state index is -4.81. The van der Waals surface area contributed by atoms with Crippen LogP contribution in [0.3, 0.4) is 0 Å². The van der Waals surface area contributed by atoms with Gasteiger partial charge in [-0.2, -0.15) is 23.5 Å². The molecule has 0 unspecified atom stereocenters. The molecule has 2 atom stereocenters. The average Bonchev–Trinajstić information content (AvgIpc) is 3.38. The Balaban J connectivity index is 1.28. The summed E-state index contributed by atoms with van der Waals surface area (Å²) in [6, 6.07) is 5.16. The highest BCUT2D eigenvalue weighted by molar-refractivity contribution is 5.76. The van der Waals surface area contributed by atoms with Crippen LogP contribution in [-0.2, 0) is 15.7 Å². The van der Waals surface area contributed by atoms with Gasteiger partial charge in [0, 0.05) is 38.9 Å². The second kappa shape index (κ2) is 11.2. The van der Waals surface area contributed by atoms with Crippen molar-refractivity contribution in [1.82, 2.24) is 20.1 Å². The molecule has 2 aromatic rings. The summed E-state index contributed by atoms with van der Waals surface area (Å²) in [6.07, 6.45) is -1.29. The van der Waals surface area contributed by atoms with Crippen molar-refractivity contribution in [3.05, 3.63) is 46.0 Å². The molecule has 37 heavy (non-hydrogen) atoms. The molecular weight excluding hydrogens is 491 g/mol. The van der Waals surface area contributed by atoms with Gasteiger partial charge in [0.2, 0.25) is 5.91 Å². The van der Waals surface area contributed by atoms with Crippen LogP contribution in [0.25, 0.3) is 0 Å². The molecule has 2 fully saturated rings. The zero-order chi connectivity index (χ0) is 26.6. The van der Waals surface area contributed by atoms with Gasteiger partial charge in [-0.15, -0.1) is 0 Å². The summed E-state index contributed by atoms with van der Waals surface area (Å²) < 4.78 is 46.5. The molecule has 0 bridgehead atoms. The summed E-state index contributed by atoms with van der Waals surface area (Å²) in [5, 5.41) is 14.3. The number of anilines is 2. The van der Waals surface area contributed by atoms with Crippen molar-refractivity contribution in [2.75, 3.05) is 49.1 Å². The molecule has 2 aliphatic heterocycles. The monoisotopic (exact) mass is 519 g/mol. The van der Waals surface area contributed by atoms with Crippen molar-refractivity contribution in [3.8, 4) is 6.07 Å². The number of halogens is 3. The zero-order valence-electron chi connectivity index (χ0n) is 20.4. The number of nitrogens with zero attached hydrogens (tertiary/aromatic N) is 6. The standard InChI is InChI=1S/C24H28F3N7O3/c1-16(18-3-2-7-34(18)19-15-30-31-23(36)22(19)24(25,26)27)37-12-6-21(35)33-10-8-32(9-11-33)20-5-4-17(13-28)14-29-20/h4-5,14-16,18H,2-3,6-12H2,1H3,(H,31,36)/t16-,18+/m1/s1. The minimum Gasteiger partial charge on any atom is -0.376 e. The van der Waals surface area contributed by atoms with Crippen LogP contribution in [0.2, 0.25) is 0 Å². The number of carbonyl (C=O) groups is 1. The fourth-order valence-corrected chi connectivity index (χ4v) is 4.89. The molecule has 0 spiro atoms. The predicted octanol–water partition coefficient (Wildman–Crippen LogP) is 2.17. The number of ether oxygens (including phenoxy) is 1. The number of alkyl halides is 3. The summed E-state index contributed by atoms with van der Waals surface area (Å²) in [7, 11) is 0. The number of pyridine rings is 1. The molecule has 13 heteroatoms. The SMILES string of the molecule is C[C@@H](OCCC(=O)N1CCN(c2ccc(C#N)cn2)CC1)[C@@H]1CCCN1c1cn[nH]c(=O)c1C(F)(F)F. The highest BCUT2D eigenvalue weighted by Gasteiger charge is 2.41. The van der Waals surface area contributed by atoms with Gasteiger partial charge in [0.15, 0.2) is 0 Å². The molecule has 1 amide bonds. The lowest BCUT2D eigenvalue weighted by atomic mass is 10.1. The Bertz CT molecular complexity index is 1190. The molecule has 2 aliphatic rings. The molecular formula is C24H28F3N7O3. The van der Waals surface area contributed by atoms with Crippen molar-refractivity contribution < 1.29 is 22.7 Å². The Kier molecular flexibility index (Phi) is 7.97. The molecule has 1 N–H and O–H groups in total. The van der Waals surface area contributed by atoms with Crippen molar-refractivity contribution in [1.29, 1.82) is 5.26 Å². The van der Waals surface area contributed by atoms with Crippen LogP contribution in [0.4, 0.5) is 24.7 Å². The zero-order valence-corrected chi connectivity index (χ0v) is 20.4. The van der Waals surface area contributed by atoms with Crippen molar-refractivity contribution in [2.45, 2.75) is 44.5 Å². The first-order chi connectivity index (χ1) is 17.7. The van der Waals surface area contributed by atoms with Gasteiger partial charge in [-0.25, -0.2) is 10.1 Å². The van der Waals surface area contributed by atoms with Crippen LogP contribution in [0.15, 0.2) is 29.3 Å². The van der Waals surface area contributed by atoms with Gasteiger partial charge in [-0.05, 0) is 31.9 Å². The Labute approximate surface area is 211 Å². The Hall–Kier alpha value is -3.66. The van der Waals surface area contributed by atoms with E-state index in [4.69, 9.17) is 10.00 Å². The van der Waals surface area contributed by atoms with E-state index >= 15 is 0 Å². The minimum absolute atomic E-state index is 0.0546. The van der Waals surface area contributed by atoms with Crippen LogP contribution in [0.5, 0.6) is 0 Å². The lowest BCUT2D eigenvalue weighted by Crippen LogP contribution is -2.49. The molecule has 2 saturated heterocycles. The molecule has 4 rings (SSSR count). The first kappa shape index (κ1) is 26.4. The number of piperazine rings is 1. The number of hydrogen-bond acceptors (Lipinski definition) is 8. The lowest BCUT2D eigenvalue weighted by Gasteiger charge is -2.35. The Morgan fingerprint density at radius 1 is 1.24 bits per heavy atom. The first-order valence-corrected chi connectivity index (χ1v) is 12.1. The van der Waals surface area contributed by atoms with Gasteiger partial charge < -0.3 is 19.4 Å². The number of nitriles is 1. The van der Waals surface area contributed by atoms with Crippen molar-refractivity contribution in [2.24, 2.45) is 0 Å². The first-order valence-electron chi connectivity index (χ1n) is 12.1. The summed E-state index contributed by atoms with van der Waals surface area (Å²) in [5.74, 6) is 0.703. The topological polar surface area (TPSA) is 118 Å². The van der Waals surface area contributed by atoms with E-state index in [-0.39, 0.29) is 30.7 Å². The number of H-pyrrole nitrogens is 1. The summed E-state index contributed by atoms with van der Waals surface area (Å²) in [5.41, 5.74) is -2.29. The van der Waals surface area contributed by atoms with Gasteiger partial charge in [0.25, 0.3) is 5.56 Å². The van der Waals surface area contributed by atoms with Crippen LogP contribution in [-0.4, -0.2) is 77.5 Å². The highest BCUT2D eigenvalue weighted by Crippen LogP contribution is 2.37. The smallest absolute Gasteiger partial charge is 0.376 e. The maximum atomic E-state index is 13.5. The van der Waals surface area contributed by atoms with Gasteiger partial charge in [0.05, 0.1) is 42.6 Å². The number of aromatic nitrogens is 3. The van der Waals surface area contributed by atoms with E-state index < -0.39 is 23.4 Å². The van der Waals surface area contributed by atoms with Crippen LogP contribution in [0.1, 0.15) is 37.3 Å². The van der Waals surface area contributed by atoms with Gasteiger partial charge in [-0.1, -0.05) is 0 Å². The summed E-state index contributed by atoms with van der Waals surface area (Å²) in [4.78, 5) is 34.2. The van der Waals surface area contributed by atoms with E-state index in [0.717, 1.165) is 12.0 Å². The normalized spacial score (nSPS) is 19.1. The quantitative estimate of drug-likeness (QED) is 0.592. The molecule has 4 heterocycles.